The van der Waals surface area contributed by atoms with Gasteiger partial charge in [0.25, 0.3) is 0 Å². The topological polar surface area (TPSA) is 54.9 Å². The molecule has 0 aliphatic rings. The second kappa shape index (κ2) is 7.75. The van der Waals surface area contributed by atoms with E-state index in [1.807, 2.05) is 24.6 Å². The summed E-state index contributed by atoms with van der Waals surface area (Å²) in [6.45, 7) is 2.75. The van der Waals surface area contributed by atoms with Gasteiger partial charge in [-0.15, -0.1) is 11.3 Å². The first-order valence-electron chi connectivity index (χ1n) is 6.80. The Hall–Kier alpha value is -1.75. The SMILES string of the molecule is Cc1ncsc1CCCNC(=O)CCc1cccnc1. The third-order valence-corrected chi connectivity index (χ3v) is 4.11. The molecule has 0 atom stereocenters. The Bertz CT molecular complexity index is 539. The summed E-state index contributed by atoms with van der Waals surface area (Å²) in [6.07, 6.45) is 6.75. The highest BCUT2D eigenvalue weighted by molar-refractivity contribution is 7.09. The minimum atomic E-state index is 0.106. The molecule has 2 rings (SSSR count). The molecule has 2 aromatic rings. The van der Waals surface area contributed by atoms with Gasteiger partial charge in [0, 0.05) is 30.2 Å². The quantitative estimate of drug-likeness (QED) is 0.797. The van der Waals surface area contributed by atoms with Gasteiger partial charge in [-0.05, 0) is 37.8 Å². The lowest BCUT2D eigenvalue weighted by Gasteiger charge is -2.05. The average molecular weight is 289 g/mol. The first kappa shape index (κ1) is 14.7. The number of aryl methyl sites for hydroxylation is 3. The Morgan fingerprint density at radius 2 is 2.30 bits per heavy atom. The molecule has 0 saturated heterocycles. The molecule has 0 bridgehead atoms. The van der Waals surface area contributed by atoms with Gasteiger partial charge in [-0.25, -0.2) is 4.98 Å². The molecule has 20 heavy (non-hydrogen) atoms. The minimum absolute atomic E-state index is 0.106. The van der Waals surface area contributed by atoms with Crippen LogP contribution in [0, 0.1) is 6.92 Å². The molecular formula is C15H19N3OS. The van der Waals surface area contributed by atoms with Crippen LogP contribution in [0.2, 0.25) is 0 Å². The molecule has 1 amide bonds. The smallest absolute Gasteiger partial charge is 0.220 e. The third kappa shape index (κ3) is 4.74. The largest absolute Gasteiger partial charge is 0.356 e. The number of carbonyl (C=O) groups excluding carboxylic acids is 1. The van der Waals surface area contributed by atoms with Gasteiger partial charge in [0.15, 0.2) is 0 Å². The van der Waals surface area contributed by atoms with Crippen molar-refractivity contribution in [3.05, 3.63) is 46.2 Å². The molecule has 0 unspecified atom stereocenters. The molecule has 0 aliphatic carbocycles. The lowest BCUT2D eigenvalue weighted by molar-refractivity contribution is -0.121. The third-order valence-electron chi connectivity index (χ3n) is 3.11. The maximum Gasteiger partial charge on any atom is 0.220 e. The van der Waals surface area contributed by atoms with E-state index in [0.29, 0.717) is 6.42 Å². The first-order valence-corrected chi connectivity index (χ1v) is 7.68. The fourth-order valence-corrected chi connectivity index (χ4v) is 2.76. The molecule has 1 N–H and O–H groups in total. The van der Waals surface area contributed by atoms with Gasteiger partial charge in [-0.1, -0.05) is 6.07 Å². The van der Waals surface area contributed by atoms with E-state index in [-0.39, 0.29) is 5.91 Å². The summed E-state index contributed by atoms with van der Waals surface area (Å²) in [7, 11) is 0. The van der Waals surface area contributed by atoms with Gasteiger partial charge < -0.3 is 5.32 Å². The second-order valence-electron chi connectivity index (χ2n) is 4.68. The van der Waals surface area contributed by atoms with Gasteiger partial charge in [0.05, 0.1) is 11.2 Å². The maximum atomic E-state index is 11.7. The highest BCUT2D eigenvalue weighted by atomic mass is 32.1. The van der Waals surface area contributed by atoms with Crippen LogP contribution in [-0.2, 0) is 17.6 Å². The summed E-state index contributed by atoms with van der Waals surface area (Å²) in [6, 6.07) is 3.89. The fraction of sp³-hybridized carbons (Fsp3) is 0.400. The Morgan fingerprint density at radius 1 is 1.40 bits per heavy atom. The molecule has 0 fully saturated rings. The number of carbonyl (C=O) groups is 1. The normalized spacial score (nSPS) is 10.4. The summed E-state index contributed by atoms with van der Waals surface area (Å²) in [5.41, 5.74) is 4.08. The van der Waals surface area contributed by atoms with Gasteiger partial charge in [0.1, 0.15) is 0 Å². The zero-order chi connectivity index (χ0) is 14.2. The van der Waals surface area contributed by atoms with Crippen molar-refractivity contribution >= 4 is 17.2 Å². The van der Waals surface area contributed by atoms with E-state index in [2.05, 4.69) is 15.3 Å². The van der Waals surface area contributed by atoms with Gasteiger partial charge in [-0.2, -0.15) is 0 Å². The minimum Gasteiger partial charge on any atom is -0.356 e. The molecular weight excluding hydrogens is 270 g/mol. The number of pyridine rings is 1. The van der Waals surface area contributed by atoms with Crippen molar-refractivity contribution in [2.24, 2.45) is 0 Å². The highest BCUT2D eigenvalue weighted by Crippen LogP contribution is 2.13. The number of amides is 1. The van der Waals surface area contributed by atoms with E-state index in [1.165, 1.54) is 4.88 Å². The van der Waals surface area contributed by atoms with Crippen LogP contribution in [0.5, 0.6) is 0 Å². The van der Waals surface area contributed by atoms with Crippen molar-refractivity contribution in [1.82, 2.24) is 15.3 Å². The van der Waals surface area contributed by atoms with E-state index in [4.69, 9.17) is 0 Å². The lowest BCUT2D eigenvalue weighted by atomic mass is 10.1. The monoisotopic (exact) mass is 289 g/mol. The zero-order valence-electron chi connectivity index (χ0n) is 11.6. The van der Waals surface area contributed by atoms with Crippen LogP contribution in [0.25, 0.3) is 0 Å². The van der Waals surface area contributed by atoms with E-state index in [0.717, 1.165) is 37.1 Å². The van der Waals surface area contributed by atoms with Crippen LogP contribution in [0.15, 0.2) is 30.0 Å². The van der Waals surface area contributed by atoms with E-state index < -0.39 is 0 Å². The van der Waals surface area contributed by atoms with E-state index >= 15 is 0 Å². The number of rotatable bonds is 7. The Labute approximate surface area is 123 Å². The molecule has 0 radical (unpaired) electrons. The number of thiazole rings is 1. The van der Waals surface area contributed by atoms with Crippen LogP contribution < -0.4 is 5.32 Å². The number of nitrogens with one attached hydrogen (secondary N) is 1. The summed E-state index contributed by atoms with van der Waals surface area (Å²) in [5.74, 6) is 0.106. The van der Waals surface area contributed by atoms with Crippen molar-refractivity contribution in [3.63, 3.8) is 0 Å². The van der Waals surface area contributed by atoms with Crippen LogP contribution in [-0.4, -0.2) is 22.4 Å². The van der Waals surface area contributed by atoms with Crippen LogP contribution in [0.4, 0.5) is 0 Å². The number of nitrogens with zero attached hydrogens (tertiary/aromatic N) is 2. The van der Waals surface area contributed by atoms with Gasteiger partial charge >= 0.3 is 0 Å². The average Bonchev–Trinajstić information content (AvgIpc) is 2.88. The van der Waals surface area contributed by atoms with Crippen LogP contribution in [0.1, 0.15) is 29.0 Å². The standard InChI is InChI=1S/C15H19N3OS/c1-12-14(20-11-18-12)5-3-9-17-15(19)7-6-13-4-2-8-16-10-13/h2,4,8,10-11H,3,5-7,9H2,1H3,(H,17,19). The molecule has 4 nitrogen and oxygen atoms in total. The maximum absolute atomic E-state index is 11.7. The summed E-state index contributed by atoms with van der Waals surface area (Å²) in [5, 5.41) is 2.96. The number of aromatic nitrogens is 2. The molecule has 106 valence electrons. The van der Waals surface area contributed by atoms with Gasteiger partial charge in [-0.3, -0.25) is 9.78 Å². The van der Waals surface area contributed by atoms with Crippen LogP contribution >= 0.6 is 11.3 Å². The van der Waals surface area contributed by atoms with Gasteiger partial charge in [0.2, 0.25) is 5.91 Å². The molecule has 0 aromatic carbocycles. The lowest BCUT2D eigenvalue weighted by Crippen LogP contribution is -2.24. The Balaban J connectivity index is 1.60. The predicted octanol–water partition coefficient (Wildman–Crippen LogP) is 2.53. The van der Waals surface area contributed by atoms with Crippen molar-refractivity contribution in [2.75, 3.05) is 6.54 Å². The summed E-state index contributed by atoms with van der Waals surface area (Å²) >= 11 is 1.69. The molecule has 2 heterocycles. The Kier molecular flexibility index (Phi) is 5.68. The summed E-state index contributed by atoms with van der Waals surface area (Å²) in [4.78, 5) is 21.3. The molecule has 0 aliphatic heterocycles. The van der Waals surface area contributed by atoms with Crippen molar-refractivity contribution < 1.29 is 4.79 Å². The molecule has 0 spiro atoms. The van der Waals surface area contributed by atoms with E-state index in [1.54, 1.807) is 23.7 Å². The molecule has 0 saturated carbocycles. The fourth-order valence-electron chi connectivity index (χ4n) is 1.94. The molecule has 2 aromatic heterocycles. The highest BCUT2D eigenvalue weighted by Gasteiger charge is 2.03. The van der Waals surface area contributed by atoms with E-state index in [9.17, 15) is 4.79 Å². The predicted molar refractivity (Wildman–Crippen MR) is 80.7 cm³/mol. The molecule has 5 heteroatoms. The summed E-state index contributed by atoms with van der Waals surface area (Å²) < 4.78 is 0. The van der Waals surface area contributed by atoms with Crippen molar-refractivity contribution in [3.8, 4) is 0 Å². The second-order valence-corrected chi connectivity index (χ2v) is 5.62. The number of hydrogen-bond donors (Lipinski definition) is 1. The number of hydrogen-bond acceptors (Lipinski definition) is 4. The first-order chi connectivity index (χ1) is 9.75. The van der Waals surface area contributed by atoms with Crippen LogP contribution in [0.3, 0.4) is 0 Å². The zero-order valence-corrected chi connectivity index (χ0v) is 12.4. The van der Waals surface area contributed by atoms with Crippen molar-refractivity contribution in [1.29, 1.82) is 0 Å². The Morgan fingerprint density at radius 3 is 3.00 bits per heavy atom. The van der Waals surface area contributed by atoms with Crippen molar-refractivity contribution in [2.45, 2.75) is 32.6 Å².